The molecule has 174 valence electrons. The SMILES string of the molecule is Cc1ccc(NCC(=O)NNC(=O)c2ccc(NS(=O)(=O)c3cc(Cl)sc3Cl)cc2)c(C)c1. The molecule has 0 aliphatic heterocycles. The Bertz CT molecular complexity index is 1290. The van der Waals surface area contributed by atoms with Gasteiger partial charge in [-0.3, -0.25) is 25.2 Å². The predicted molar refractivity (Wildman–Crippen MR) is 132 cm³/mol. The van der Waals surface area contributed by atoms with Crippen molar-refractivity contribution in [3.8, 4) is 0 Å². The van der Waals surface area contributed by atoms with E-state index < -0.39 is 21.8 Å². The first-order valence-corrected chi connectivity index (χ1v) is 12.6. The first-order valence-electron chi connectivity index (χ1n) is 9.53. The van der Waals surface area contributed by atoms with Crippen LogP contribution in [-0.4, -0.2) is 26.8 Å². The van der Waals surface area contributed by atoms with Crippen LogP contribution in [0.25, 0.3) is 0 Å². The summed E-state index contributed by atoms with van der Waals surface area (Å²) in [7, 11) is -3.93. The lowest BCUT2D eigenvalue weighted by molar-refractivity contribution is -0.120. The molecule has 2 aromatic carbocycles. The zero-order valence-electron chi connectivity index (χ0n) is 17.5. The normalized spacial score (nSPS) is 11.0. The molecule has 0 saturated heterocycles. The highest BCUT2D eigenvalue weighted by atomic mass is 35.5. The van der Waals surface area contributed by atoms with E-state index in [0.29, 0.717) is 0 Å². The smallest absolute Gasteiger partial charge is 0.269 e. The highest BCUT2D eigenvalue weighted by Gasteiger charge is 2.21. The number of amides is 2. The summed E-state index contributed by atoms with van der Waals surface area (Å²) < 4.78 is 27.6. The molecule has 2 amide bonds. The second kappa shape index (κ2) is 10.4. The Morgan fingerprint density at radius 3 is 2.27 bits per heavy atom. The van der Waals surface area contributed by atoms with E-state index in [-0.39, 0.29) is 31.4 Å². The first kappa shape index (κ1) is 24.8. The third-order valence-corrected chi connectivity index (χ3v) is 7.59. The number of anilines is 2. The van der Waals surface area contributed by atoms with Crippen LogP contribution in [-0.2, 0) is 14.8 Å². The van der Waals surface area contributed by atoms with Gasteiger partial charge in [0, 0.05) is 16.9 Å². The number of benzene rings is 2. The Morgan fingerprint density at radius 2 is 1.67 bits per heavy atom. The van der Waals surface area contributed by atoms with Crippen LogP contribution < -0.4 is 20.9 Å². The molecule has 1 aromatic heterocycles. The minimum Gasteiger partial charge on any atom is -0.376 e. The van der Waals surface area contributed by atoms with Crippen LogP contribution >= 0.6 is 34.5 Å². The Balaban J connectivity index is 1.52. The second-order valence-electron chi connectivity index (χ2n) is 7.05. The fraction of sp³-hybridized carbons (Fsp3) is 0.143. The minimum absolute atomic E-state index is 0.0277. The highest BCUT2D eigenvalue weighted by Crippen LogP contribution is 2.35. The van der Waals surface area contributed by atoms with Gasteiger partial charge < -0.3 is 5.32 Å². The number of halogens is 2. The molecule has 4 N–H and O–H groups in total. The average Bonchev–Trinajstić information content (AvgIpc) is 3.10. The molecular weight excluding hydrogens is 507 g/mol. The largest absolute Gasteiger partial charge is 0.376 e. The molecule has 3 rings (SSSR count). The van der Waals surface area contributed by atoms with E-state index in [0.717, 1.165) is 28.2 Å². The van der Waals surface area contributed by atoms with E-state index in [1.165, 1.54) is 30.3 Å². The fourth-order valence-corrected chi connectivity index (χ4v) is 6.05. The molecule has 0 aliphatic rings. The van der Waals surface area contributed by atoms with Crippen molar-refractivity contribution < 1.29 is 18.0 Å². The zero-order chi connectivity index (χ0) is 24.2. The number of carbonyl (C=O) groups is 2. The highest BCUT2D eigenvalue weighted by molar-refractivity contribution is 7.93. The Morgan fingerprint density at radius 1 is 0.970 bits per heavy atom. The van der Waals surface area contributed by atoms with E-state index in [1.54, 1.807) is 0 Å². The van der Waals surface area contributed by atoms with Gasteiger partial charge >= 0.3 is 0 Å². The van der Waals surface area contributed by atoms with Gasteiger partial charge in [-0.05, 0) is 55.8 Å². The number of hydrogen-bond acceptors (Lipinski definition) is 6. The minimum atomic E-state index is -3.93. The summed E-state index contributed by atoms with van der Waals surface area (Å²) in [6.45, 7) is 3.89. The number of carbonyl (C=O) groups excluding carboxylic acids is 2. The summed E-state index contributed by atoms with van der Waals surface area (Å²) in [4.78, 5) is 24.2. The molecule has 0 radical (unpaired) electrons. The number of rotatable bonds is 7. The van der Waals surface area contributed by atoms with E-state index in [1.807, 2.05) is 32.0 Å². The van der Waals surface area contributed by atoms with Crippen LogP contribution in [0, 0.1) is 13.8 Å². The number of aryl methyl sites for hydroxylation is 2. The van der Waals surface area contributed by atoms with Gasteiger partial charge in [0.25, 0.3) is 21.8 Å². The Labute approximate surface area is 205 Å². The first-order chi connectivity index (χ1) is 15.5. The third-order valence-electron chi connectivity index (χ3n) is 4.45. The van der Waals surface area contributed by atoms with E-state index in [2.05, 4.69) is 20.9 Å². The molecule has 0 spiro atoms. The van der Waals surface area contributed by atoms with Gasteiger partial charge in [-0.25, -0.2) is 8.42 Å². The zero-order valence-corrected chi connectivity index (χ0v) is 20.7. The maximum Gasteiger partial charge on any atom is 0.269 e. The molecule has 3 aromatic rings. The Kier molecular flexibility index (Phi) is 7.85. The van der Waals surface area contributed by atoms with Crippen molar-refractivity contribution in [3.63, 3.8) is 0 Å². The molecular formula is C21H20Cl2N4O4S2. The van der Waals surface area contributed by atoms with Gasteiger partial charge in [0.2, 0.25) is 0 Å². The van der Waals surface area contributed by atoms with Crippen molar-refractivity contribution >= 4 is 67.8 Å². The molecule has 0 atom stereocenters. The summed E-state index contributed by atoms with van der Waals surface area (Å²) in [6, 6.07) is 12.7. The fourth-order valence-electron chi connectivity index (χ4n) is 2.84. The lowest BCUT2D eigenvalue weighted by atomic mass is 10.1. The van der Waals surface area contributed by atoms with Crippen LogP contribution in [0.3, 0.4) is 0 Å². The number of nitrogens with one attached hydrogen (secondary N) is 4. The molecule has 12 heteroatoms. The van der Waals surface area contributed by atoms with Crippen molar-refractivity contribution in [2.75, 3.05) is 16.6 Å². The van der Waals surface area contributed by atoms with Crippen molar-refractivity contribution in [1.82, 2.24) is 10.9 Å². The third kappa shape index (κ3) is 6.61. The van der Waals surface area contributed by atoms with Crippen LogP contribution in [0.5, 0.6) is 0 Å². The standard InChI is InChI=1S/C21H20Cl2N4O4S2/c1-12-3-8-16(13(2)9-12)24-11-19(28)25-26-21(29)14-4-6-15(7-5-14)27-33(30,31)17-10-18(22)32-20(17)23/h3-10,24,27H,11H2,1-2H3,(H,25,28)(H,26,29). The summed E-state index contributed by atoms with van der Waals surface area (Å²) in [5.74, 6) is -0.990. The number of sulfonamides is 1. The van der Waals surface area contributed by atoms with E-state index in [4.69, 9.17) is 23.2 Å². The van der Waals surface area contributed by atoms with E-state index >= 15 is 0 Å². The monoisotopic (exact) mass is 526 g/mol. The maximum absolute atomic E-state index is 12.5. The molecule has 8 nitrogen and oxygen atoms in total. The number of hydrogen-bond donors (Lipinski definition) is 4. The molecule has 0 unspecified atom stereocenters. The summed E-state index contributed by atoms with van der Waals surface area (Å²) in [5.41, 5.74) is 8.04. The molecule has 0 aliphatic carbocycles. The second-order valence-corrected chi connectivity index (χ2v) is 11.0. The van der Waals surface area contributed by atoms with Gasteiger partial charge in [0.1, 0.15) is 9.23 Å². The summed E-state index contributed by atoms with van der Waals surface area (Å²) >= 11 is 12.7. The Hall–Kier alpha value is -2.79. The van der Waals surface area contributed by atoms with Gasteiger partial charge in [0.05, 0.1) is 10.9 Å². The molecule has 0 bridgehead atoms. The van der Waals surface area contributed by atoms with Gasteiger partial charge in [-0.15, -0.1) is 11.3 Å². The van der Waals surface area contributed by atoms with Crippen molar-refractivity contribution in [2.45, 2.75) is 18.7 Å². The number of hydrazine groups is 1. The van der Waals surface area contributed by atoms with Gasteiger partial charge in [0.15, 0.2) is 0 Å². The van der Waals surface area contributed by atoms with Crippen molar-refractivity contribution in [2.24, 2.45) is 0 Å². The average molecular weight is 527 g/mol. The van der Waals surface area contributed by atoms with E-state index in [9.17, 15) is 18.0 Å². The predicted octanol–water partition coefficient (Wildman–Crippen LogP) is 4.35. The topological polar surface area (TPSA) is 116 Å². The van der Waals surface area contributed by atoms with Crippen LogP contribution in [0.1, 0.15) is 21.5 Å². The summed E-state index contributed by atoms with van der Waals surface area (Å²) in [5, 5.41) is 3.01. The molecule has 33 heavy (non-hydrogen) atoms. The lowest BCUT2D eigenvalue weighted by Crippen LogP contribution is -2.44. The van der Waals surface area contributed by atoms with Crippen LogP contribution in [0.4, 0.5) is 11.4 Å². The van der Waals surface area contributed by atoms with Crippen molar-refractivity contribution in [3.05, 3.63) is 73.9 Å². The summed E-state index contributed by atoms with van der Waals surface area (Å²) in [6.07, 6.45) is 0. The van der Waals surface area contributed by atoms with Gasteiger partial charge in [-0.1, -0.05) is 40.9 Å². The molecule has 1 heterocycles. The molecule has 0 saturated carbocycles. The number of thiophene rings is 1. The molecule has 0 fully saturated rings. The lowest BCUT2D eigenvalue weighted by Gasteiger charge is -2.12. The quantitative estimate of drug-likeness (QED) is 0.341. The van der Waals surface area contributed by atoms with Crippen LogP contribution in [0.15, 0.2) is 53.4 Å². The van der Waals surface area contributed by atoms with Crippen LogP contribution in [0.2, 0.25) is 8.67 Å². The van der Waals surface area contributed by atoms with Crippen molar-refractivity contribution in [1.29, 1.82) is 0 Å². The maximum atomic E-state index is 12.5. The van der Waals surface area contributed by atoms with Gasteiger partial charge in [-0.2, -0.15) is 0 Å².